The first kappa shape index (κ1) is 11.4. The molecule has 2 nitrogen and oxygen atoms in total. The van der Waals surface area contributed by atoms with Crippen LogP contribution in [-0.2, 0) is 0 Å². The summed E-state index contributed by atoms with van der Waals surface area (Å²) in [7, 11) is 0. The molecule has 2 atom stereocenters. The van der Waals surface area contributed by atoms with E-state index in [1.165, 1.54) is 13.3 Å². The predicted octanol–water partition coefficient (Wildman–Crippen LogP) is 2.85. The van der Waals surface area contributed by atoms with Crippen molar-refractivity contribution in [1.82, 2.24) is 5.32 Å². The van der Waals surface area contributed by atoms with Crippen LogP contribution < -0.4 is 10.1 Å². The summed E-state index contributed by atoms with van der Waals surface area (Å²) in [6, 6.07) is 7.75. The van der Waals surface area contributed by atoms with Gasteiger partial charge in [-0.25, -0.2) is 4.39 Å². The van der Waals surface area contributed by atoms with Crippen molar-refractivity contribution >= 4 is 0 Å². The fraction of sp³-hybridized carbons (Fsp3) is 0.538. The number of alkyl halides is 1. The standard InChI is InChI=1S/C13H18FNO/c1-10(14)12-6-2-3-7-13(12)16-9-11-5-4-8-15-11/h2-3,6-7,10-11,15H,4-5,8-9H2,1H3. The summed E-state index contributed by atoms with van der Waals surface area (Å²) in [5.41, 5.74) is 0.639. The van der Waals surface area contributed by atoms with E-state index in [1.54, 1.807) is 6.07 Å². The lowest BCUT2D eigenvalue weighted by Gasteiger charge is -2.15. The Hall–Kier alpha value is -1.09. The van der Waals surface area contributed by atoms with Crippen molar-refractivity contribution < 1.29 is 9.13 Å². The van der Waals surface area contributed by atoms with Gasteiger partial charge >= 0.3 is 0 Å². The summed E-state index contributed by atoms with van der Waals surface area (Å²) in [5, 5.41) is 3.36. The number of rotatable bonds is 4. The van der Waals surface area contributed by atoms with Gasteiger partial charge in [0.05, 0.1) is 0 Å². The maximum atomic E-state index is 13.3. The molecule has 88 valence electrons. The Bertz CT molecular complexity index is 334. The van der Waals surface area contributed by atoms with E-state index in [-0.39, 0.29) is 0 Å². The molecule has 2 rings (SSSR count). The lowest BCUT2D eigenvalue weighted by Crippen LogP contribution is -2.28. The van der Waals surface area contributed by atoms with Gasteiger partial charge in [-0.3, -0.25) is 0 Å². The van der Waals surface area contributed by atoms with Crippen molar-refractivity contribution in [3.8, 4) is 5.75 Å². The Balaban J connectivity index is 1.97. The Morgan fingerprint density at radius 1 is 1.50 bits per heavy atom. The number of benzene rings is 1. The molecule has 0 aliphatic carbocycles. The van der Waals surface area contributed by atoms with Gasteiger partial charge in [0.15, 0.2) is 0 Å². The van der Waals surface area contributed by atoms with Crippen LogP contribution in [0.4, 0.5) is 4.39 Å². The minimum Gasteiger partial charge on any atom is -0.492 e. The first-order chi connectivity index (χ1) is 7.77. The second kappa shape index (κ2) is 5.30. The minimum atomic E-state index is -0.979. The summed E-state index contributed by atoms with van der Waals surface area (Å²) < 4.78 is 19.0. The van der Waals surface area contributed by atoms with Crippen LogP contribution >= 0.6 is 0 Å². The van der Waals surface area contributed by atoms with E-state index < -0.39 is 6.17 Å². The highest BCUT2D eigenvalue weighted by Gasteiger charge is 2.16. The summed E-state index contributed by atoms with van der Waals surface area (Å²) in [4.78, 5) is 0. The fourth-order valence-corrected chi connectivity index (χ4v) is 2.03. The van der Waals surface area contributed by atoms with Crippen molar-refractivity contribution in [2.24, 2.45) is 0 Å². The molecule has 1 aromatic carbocycles. The molecule has 1 fully saturated rings. The van der Waals surface area contributed by atoms with E-state index in [0.29, 0.717) is 24.0 Å². The summed E-state index contributed by atoms with van der Waals surface area (Å²) in [6.07, 6.45) is 1.37. The number of halogens is 1. The van der Waals surface area contributed by atoms with E-state index in [9.17, 15) is 4.39 Å². The lowest BCUT2D eigenvalue weighted by atomic mass is 10.1. The van der Waals surface area contributed by atoms with Gasteiger partial charge in [0, 0.05) is 11.6 Å². The largest absolute Gasteiger partial charge is 0.492 e. The molecule has 1 saturated heterocycles. The van der Waals surface area contributed by atoms with Gasteiger partial charge in [-0.2, -0.15) is 0 Å². The maximum Gasteiger partial charge on any atom is 0.126 e. The van der Waals surface area contributed by atoms with Gasteiger partial charge in [-0.1, -0.05) is 18.2 Å². The third kappa shape index (κ3) is 2.73. The highest BCUT2D eigenvalue weighted by atomic mass is 19.1. The Morgan fingerprint density at radius 2 is 2.31 bits per heavy atom. The fourth-order valence-electron chi connectivity index (χ4n) is 2.03. The molecule has 2 unspecified atom stereocenters. The third-order valence-corrected chi connectivity index (χ3v) is 2.95. The van der Waals surface area contributed by atoms with E-state index in [2.05, 4.69) is 5.32 Å². The normalized spacial score (nSPS) is 22.0. The average molecular weight is 223 g/mol. The average Bonchev–Trinajstić information content (AvgIpc) is 2.79. The zero-order valence-electron chi connectivity index (χ0n) is 9.58. The molecular weight excluding hydrogens is 205 g/mol. The van der Waals surface area contributed by atoms with Gasteiger partial charge in [0.25, 0.3) is 0 Å². The monoisotopic (exact) mass is 223 g/mol. The Labute approximate surface area is 95.8 Å². The topological polar surface area (TPSA) is 21.3 Å². The van der Waals surface area contributed by atoms with Crippen LogP contribution in [0, 0.1) is 0 Å². The first-order valence-electron chi connectivity index (χ1n) is 5.86. The van der Waals surface area contributed by atoms with E-state index >= 15 is 0 Å². The summed E-state index contributed by atoms with van der Waals surface area (Å²) in [5.74, 6) is 0.672. The van der Waals surface area contributed by atoms with Crippen LogP contribution in [0.25, 0.3) is 0 Å². The lowest BCUT2D eigenvalue weighted by molar-refractivity contribution is 0.265. The molecule has 1 N–H and O–H groups in total. The molecule has 1 aromatic rings. The van der Waals surface area contributed by atoms with Crippen molar-refractivity contribution in [2.45, 2.75) is 32.0 Å². The highest BCUT2D eigenvalue weighted by molar-refractivity contribution is 5.34. The molecule has 0 bridgehead atoms. The van der Waals surface area contributed by atoms with Gasteiger partial charge < -0.3 is 10.1 Å². The zero-order valence-corrected chi connectivity index (χ0v) is 9.58. The molecule has 1 heterocycles. The van der Waals surface area contributed by atoms with Crippen molar-refractivity contribution in [3.05, 3.63) is 29.8 Å². The molecule has 0 aromatic heterocycles. The molecule has 3 heteroatoms. The molecule has 1 aliphatic rings. The zero-order chi connectivity index (χ0) is 11.4. The number of nitrogens with one attached hydrogen (secondary N) is 1. The minimum absolute atomic E-state index is 0.419. The van der Waals surface area contributed by atoms with Crippen LogP contribution in [-0.4, -0.2) is 19.2 Å². The number of hydrogen-bond acceptors (Lipinski definition) is 2. The number of para-hydroxylation sites is 1. The van der Waals surface area contributed by atoms with Gasteiger partial charge in [0.2, 0.25) is 0 Å². The molecule has 0 amide bonds. The number of hydrogen-bond donors (Lipinski definition) is 1. The smallest absolute Gasteiger partial charge is 0.126 e. The Morgan fingerprint density at radius 3 is 3.00 bits per heavy atom. The third-order valence-electron chi connectivity index (χ3n) is 2.95. The molecule has 0 saturated carbocycles. The van der Waals surface area contributed by atoms with Crippen LogP contribution in [0.1, 0.15) is 31.5 Å². The van der Waals surface area contributed by atoms with Crippen LogP contribution in [0.2, 0.25) is 0 Å². The van der Waals surface area contributed by atoms with Crippen LogP contribution in [0.3, 0.4) is 0 Å². The van der Waals surface area contributed by atoms with E-state index in [1.807, 2.05) is 18.2 Å². The number of ether oxygens (including phenoxy) is 1. The second-order valence-electron chi connectivity index (χ2n) is 4.26. The van der Waals surface area contributed by atoms with E-state index in [4.69, 9.17) is 4.74 Å². The van der Waals surface area contributed by atoms with Crippen molar-refractivity contribution in [2.75, 3.05) is 13.2 Å². The van der Waals surface area contributed by atoms with Crippen molar-refractivity contribution in [1.29, 1.82) is 0 Å². The summed E-state index contributed by atoms with van der Waals surface area (Å²) >= 11 is 0. The second-order valence-corrected chi connectivity index (χ2v) is 4.26. The van der Waals surface area contributed by atoms with Crippen LogP contribution in [0.15, 0.2) is 24.3 Å². The van der Waals surface area contributed by atoms with Crippen LogP contribution in [0.5, 0.6) is 5.75 Å². The maximum absolute atomic E-state index is 13.3. The molecule has 16 heavy (non-hydrogen) atoms. The van der Waals surface area contributed by atoms with Gasteiger partial charge in [-0.05, 0) is 32.4 Å². The first-order valence-corrected chi connectivity index (χ1v) is 5.86. The summed E-state index contributed by atoms with van der Waals surface area (Å²) in [6.45, 7) is 3.23. The quantitative estimate of drug-likeness (QED) is 0.847. The predicted molar refractivity (Wildman–Crippen MR) is 62.5 cm³/mol. The molecule has 0 radical (unpaired) electrons. The molecular formula is C13H18FNO. The molecule has 0 spiro atoms. The van der Waals surface area contributed by atoms with E-state index in [0.717, 1.165) is 13.0 Å². The molecule has 1 aliphatic heterocycles. The SMILES string of the molecule is CC(F)c1ccccc1OCC1CCCN1. The van der Waals surface area contributed by atoms with Gasteiger partial charge in [-0.15, -0.1) is 0 Å². The Kier molecular flexibility index (Phi) is 3.78. The van der Waals surface area contributed by atoms with Crippen molar-refractivity contribution in [3.63, 3.8) is 0 Å². The van der Waals surface area contributed by atoms with Gasteiger partial charge in [0.1, 0.15) is 18.5 Å². The highest BCUT2D eigenvalue weighted by Crippen LogP contribution is 2.27.